The van der Waals surface area contributed by atoms with Crippen LogP contribution in [0.1, 0.15) is 34.6 Å². The molecule has 1 heterocycles. The Morgan fingerprint density at radius 1 is 0.784 bits per heavy atom. The predicted molar refractivity (Wildman–Crippen MR) is 137 cm³/mol. The van der Waals surface area contributed by atoms with Crippen LogP contribution < -0.4 is 16.2 Å². The molecule has 8 nitrogen and oxygen atoms in total. The second-order valence-corrected chi connectivity index (χ2v) is 8.66. The molecule has 4 aromatic rings. The third-order valence-corrected chi connectivity index (χ3v) is 5.68. The van der Waals surface area contributed by atoms with E-state index in [0.29, 0.717) is 5.69 Å². The summed E-state index contributed by atoms with van der Waals surface area (Å²) in [4.78, 5) is 38.6. The number of nitrogens with one attached hydrogen (secondary N) is 3. The topological polar surface area (TPSA) is 105 Å². The van der Waals surface area contributed by atoms with Crippen molar-refractivity contribution in [2.24, 2.45) is 5.92 Å². The predicted octanol–water partition coefficient (Wildman–Crippen LogP) is 3.89. The van der Waals surface area contributed by atoms with E-state index in [-0.39, 0.29) is 17.0 Å². The average molecular weight is 500 g/mol. The first-order chi connectivity index (χ1) is 17.8. The maximum atomic E-state index is 14.0. The van der Waals surface area contributed by atoms with Gasteiger partial charge < -0.3 is 5.32 Å². The van der Waals surface area contributed by atoms with Gasteiger partial charge in [-0.2, -0.15) is 5.10 Å². The Kier molecular flexibility index (Phi) is 7.73. The van der Waals surface area contributed by atoms with E-state index in [2.05, 4.69) is 21.3 Å². The van der Waals surface area contributed by atoms with Gasteiger partial charge in [0.25, 0.3) is 17.7 Å². The Balaban J connectivity index is 1.52. The lowest BCUT2D eigenvalue weighted by Crippen LogP contribution is -2.54. The molecule has 0 aliphatic rings. The standard InChI is InChI=1S/C28H26FN5O3/c1-18(2)24(30-26(35)21-15-9-10-16-23(21)29)28(37)32-31-27(36)22-17-34(20-13-7-4-8-14-20)33-25(22)19-11-5-3-6-12-19/h3-18,24H,1-2H3,(H,30,35)(H,31,36)(H,32,37)/t24-/m0/s1. The third-order valence-electron chi connectivity index (χ3n) is 5.68. The number of nitrogens with zero attached hydrogens (tertiary/aromatic N) is 2. The summed E-state index contributed by atoms with van der Waals surface area (Å²) in [5.41, 5.74) is 6.79. The number of aromatic nitrogens is 2. The van der Waals surface area contributed by atoms with E-state index in [4.69, 9.17) is 0 Å². The van der Waals surface area contributed by atoms with Crippen molar-refractivity contribution < 1.29 is 18.8 Å². The number of hydrogen-bond donors (Lipinski definition) is 3. The van der Waals surface area contributed by atoms with Crippen LogP contribution in [0.25, 0.3) is 16.9 Å². The Morgan fingerprint density at radius 3 is 2.05 bits per heavy atom. The van der Waals surface area contributed by atoms with Gasteiger partial charge >= 0.3 is 0 Å². The molecule has 9 heteroatoms. The molecule has 4 rings (SSSR count). The molecule has 3 aromatic carbocycles. The molecule has 0 bridgehead atoms. The average Bonchev–Trinajstić information content (AvgIpc) is 3.37. The molecule has 0 saturated carbocycles. The van der Waals surface area contributed by atoms with Crippen molar-refractivity contribution in [1.82, 2.24) is 25.9 Å². The SMILES string of the molecule is CC(C)[C@H](NC(=O)c1ccccc1F)C(=O)NNC(=O)c1cn(-c2ccccc2)nc1-c1ccccc1. The molecule has 0 fully saturated rings. The summed E-state index contributed by atoms with van der Waals surface area (Å²) >= 11 is 0. The zero-order chi connectivity index (χ0) is 26.4. The van der Waals surface area contributed by atoms with E-state index in [1.165, 1.54) is 24.3 Å². The first-order valence-corrected chi connectivity index (χ1v) is 11.7. The Hall–Kier alpha value is -4.79. The van der Waals surface area contributed by atoms with Gasteiger partial charge in [-0.25, -0.2) is 9.07 Å². The molecule has 0 unspecified atom stereocenters. The molecule has 0 aliphatic carbocycles. The van der Waals surface area contributed by atoms with E-state index in [1.807, 2.05) is 60.7 Å². The van der Waals surface area contributed by atoms with E-state index >= 15 is 0 Å². The molecule has 0 aliphatic heterocycles. The van der Waals surface area contributed by atoms with Crippen molar-refractivity contribution in [3.05, 3.63) is 108 Å². The van der Waals surface area contributed by atoms with Gasteiger partial charge in [-0.05, 0) is 30.2 Å². The lowest BCUT2D eigenvalue weighted by molar-refractivity contribution is -0.124. The number of carbonyl (C=O) groups is 3. The largest absolute Gasteiger partial charge is 0.340 e. The van der Waals surface area contributed by atoms with E-state index < -0.39 is 29.6 Å². The zero-order valence-electron chi connectivity index (χ0n) is 20.3. The summed E-state index contributed by atoms with van der Waals surface area (Å²) in [5, 5.41) is 7.13. The van der Waals surface area contributed by atoms with Crippen molar-refractivity contribution in [3.63, 3.8) is 0 Å². The fraction of sp³-hybridized carbons (Fsp3) is 0.143. The number of para-hydroxylation sites is 1. The highest BCUT2D eigenvalue weighted by Crippen LogP contribution is 2.23. The second-order valence-electron chi connectivity index (χ2n) is 8.66. The lowest BCUT2D eigenvalue weighted by atomic mass is 10.0. The quantitative estimate of drug-likeness (QED) is 0.336. The van der Waals surface area contributed by atoms with Crippen LogP contribution in [0.3, 0.4) is 0 Å². The van der Waals surface area contributed by atoms with Gasteiger partial charge in [0.2, 0.25) is 0 Å². The maximum absolute atomic E-state index is 14.0. The van der Waals surface area contributed by atoms with Crippen molar-refractivity contribution >= 4 is 17.7 Å². The Morgan fingerprint density at radius 2 is 1.41 bits per heavy atom. The van der Waals surface area contributed by atoms with E-state index in [0.717, 1.165) is 11.3 Å². The number of hydrogen-bond acceptors (Lipinski definition) is 4. The molecule has 0 saturated heterocycles. The molecule has 3 N–H and O–H groups in total. The normalized spacial score (nSPS) is 11.6. The minimum Gasteiger partial charge on any atom is -0.340 e. The van der Waals surface area contributed by atoms with Gasteiger partial charge in [0, 0.05) is 11.8 Å². The minimum atomic E-state index is -1.02. The molecule has 37 heavy (non-hydrogen) atoms. The third kappa shape index (κ3) is 5.90. The molecule has 1 aromatic heterocycles. The van der Waals surface area contributed by atoms with Gasteiger partial charge in [-0.3, -0.25) is 25.2 Å². The number of carbonyl (C=O) groups excluding carboxylic acids is 3. The number of benzene rings is 3. The van der Waals surface area contributed by atoms with Crippen LogP contribution in [0.15, 0.2) is 91.1 Å². The summed E-state index contributed by atoms with van der Waals surface area (Å²) in [7, 11) is 0. The van der Waals surface area contributed by atoms with Crippen LogP contribution in [0.2, 0.25) is 0 Å². The number of rotatable bonds is 7. The lowest BCUT2D eigenvalue weighted by Gasteiger charge is -2.22. The molecule has 3 amide bonds. The van der Waals surface area contributed by atoms with Crippen LogP contribution in [0, 0.1) is 11.7 Å². The second kappa shape index (κ2) is 11.3. The molecule has 188 valence electrons. The summed E-state index contributed by atoms with van der Waals surface area (Å²) in [6.07, 6.45) is 1.58. The Bertz CT molecular complexity index is 1400. The van der Waals surface area contributed by atoms with Gasteiger partial charge in [0.1, 0.15) is 17.6 Å². The van der Waals surface area contributed by atoms with Crippen molar-refractivity contribution in [2.75, 3.05) is 0 Å². The smallest absolute Gasteiger partial charge is 0.273 e. The molecule has 1 atom stereocenters. The number of hydrazine groups is 1. The molecule has 0 spiro atoms. The van der Waals surface area contributed by atoms with Crippen molar-refractivity contribution in [2.45, 2.75) is 19.9 Å². The van der Waals surface area contributed by atoms with E-state index in [9.17, 15) is 18.8 Å². The van der Waals surface area contributed by atoms with Crippen molar-refractivity contribution in [3.8, 4) is 16.9 Å². The van der Waals surface area contributed by atoms with Crippen LogP contribution in [-0.4, -0.2) is 33.5 Å². The van der Waals surface area contributed by atoms with Crippen LogP contribution in [0.4, 0.5) is 4.39 Å². The maximum Gasteiger partial charge on any atom is 0.273 e. The zero-order valence-corrected chi connectivity index (χ0v) is 20.3. The highest BCUT2D eigenvalue weighted by Gasteiger charge is 2.27. The van der Waals surface area contributed by atoms with E-state index in [1.54, 1.807) is 24.7 Å². The van der Waals surface area contributed by atoms with Gasteiger partial charge in [-0.1, -0.05) is 74.5 Å². The summed E-state index contributed by atoms with van der Waals surface area (Å²) in [5.74, 6) is -3.00. The van der Waals surface area contributed by atoms with Gasteiger partial charge in [-0.15, -0.1) is 0 Å². The molecular formula is C28H26FN5O3. The fourth-order valence-corrected chi connectivity index (χ4v) is 3.73. The molecule has 0 radical (unpaired) electrons. The highest BCUT2D eigenvalue weighted by molar-refractivity contribution is 6.02. The van der Waals surface area contributed by atoms with Gasteiger partial charge in [0.15, 0.2) is 0 Å². The van der Waals surface area contributed by atoms with Crippen molar-refractivity contribution in [1.29, 1.82) is 0 Å². The summed E-state index contributed by atoms with van der Waals surface area (Å²) in [6.45, 7) is 3.45. The minimum absolute atomic E-state index is 0.175. The number of halogens is 1. The fourth-order valence-electron chi connectivity index (χ4n) is 3.73. The molecular weight excluding hydrogens is 473 g/mol. The monoisotopic (exact) mass is 499 g/mol. The van der Waals surface area contributed by atoms with Crippen LogP contribution in [-0.2, 0) is 4.79 Å². The van der Waals surface area contributed by atoms with Crippen LogP contribution in [0.5, 0.6) is 0 Å². The first-order valence-electron chi connectivity index (χ1n) is 11.7. The summed E-state index contributed by atoms with van der Waals surface area (Å²) in [6, 6.07) is 23.0. The highest BCUT2D eigenvalue weighted by atomic mass is 19.1. The first kappa shape index (κ1) is 25.3. The van der Waals surface area contributed by atoms with Gasteiger partial charge in [0.05, 0.1) is 16.8 Å². The Labute approximate surface area is 213 Å². The van der Waals surface area contributed by atoms with Crippen LogP contribution >= 0.6 is 0 Å². The number of amides is 3. The summed E-state index contributed by atoms with van der Waals surface area (Å²) < 4.78 is 15.6.